The van der Waals surface area contributed by atoms with E-state index < -0.39 is 24.5 Å². The molecule has 2 amide bonds. The number of carbonyl (C=O) groups is 3. The number of anilines is 1. The van der Waals surface area contributed by atoms with Crippen molar-refractivity contribution in [1.29, 1.82) is 0 Å². The van der Waals surface area contributed by atoms with E-state index in [4.69, 9.17) is 0 Å². The Bertz CT molecular complexity index is 1020. The molecule has 0 saturated heterocycles. The number of aromatic nitrogens is 1. The lowest BCUT2D eigenvalue weighted by atomic mass is 9.75. The van der Waals surface area contributed by atoms with E-state index in [2.05, 4.69) is 10.3 Å². The Kier molecular flexibility index (Phi) is 5.49. The lowest BCUT2D eigenvalue weighted by Gasteiger charge is -2.28. The molecule has 0 fully saturated rings. The molecule has 0 radical (unpaired) electrons. The van der Waals surface area contributed by atoms with E-state index in [9.17, 15) is 27.6 Å². The van der Waals surface area contributed by atoms with Crippen LogP contribution in [0.2, 0.25) is 0 Å². The van der Waals surface area contributed by atoms with E-state index in [1.807, 2.05) is 13.8 Å². The topological polar surface area (TPSA) is 91.1 Å². The number of nitrogens with one attached hydrogen (secondary N) is 3. The van der Waals surface area contributed by atoms with E-state index in [0.717, 1.165) is 5.69 Å². The van der Waals surface area contributed by atoms with Crippen molar-refractivity contribution in [3.05, 3.63) is 52.3 Å². The first-order valence-electron chi connectivity index (χ1n) is 9.37. The normalized spacial score (nSPS) is 15.5. The Labute approximate surface area is 171 Å². The number of benzene rings is 1. The van der Waals surface area contributed by atoms with Gasteiger partial charge < -0.3 is 15.6 Å². The van der Waals surface area contributed by atoms with Crippen molar-refractivity contribution in [2.24, 2.45) is 5.41 Å². The Morgan fingerprint density at radius 3 is 2.53 bits per heavy atom. The van der Waals surface area contributed by atoms with Gasteiger partial charge in [0, 0.05) is 28.9 Å². The second-order valence-electron chi connectivity index (χ2n) is 8.25. The van der Waals surface area contributed by atoms with Gasteiger partial charge in [0.15, 0.2) is 5.78 Å². The third-order valence-electron chi connectivity index (χ3n) is 4.96. The van der Waals surface area contributed by atoms with Gasteiger partial charge in [-0.25, -0.2) is 0 Å². The van der Waals surface area contributed by atoms with Crippen molar-refractivity contribution >= 4 is 23.3 Å². The number of aromatic amines is 1. The molecule has 0 aliphatic heterocycles. The van der Waals surface area contributed by atoms with Gasteiger partial charge in [0.2, 0.25) is 0 Å². The van der Waals surface area contributed by atoms with Gasteiger partial charge >= 0.3 is 6.18 Å². The molecule has 3 rings (SSSR count). The highest BCUT2D eigenvalue weighted by Gasteiger charge is 2.35. The molecule has 0 atom stereocenters. The molecule has 1 aliphatic carbocycles. The lowest BCUT2D eigenvalue weighted by molar-refractivity contribution is -0.123. The molecule has 0 saturated carbocycles. The number of ketones is 1. The monoisotopic (exact) mass is 421 g/mol. The van der Waals surface area contributed by atoms with Crippen molar-refractivity contribution in [2.45, 2.75) is 39.8 Å². The van der Waals surface area contributed by atoms with Crippen LogP contribution in [0.5, 0.6) is 0 Å². The Morgan fingerprint density at radius 1 is 1.17 bits per heavy atom. The zero-order valence-electron chi connectivity index (χ0n) is 16.8. The minimum atomic E-state index is -4.52. The molecule has 0 bridgehead atoms. The summed E-state index contributed by atoms with van der Waals surface area (Å²) in [6.45, 7) is 4.22. The first-order chi connectivity index (χ1) is 13.9. The molecule has 2 aromatic rings. The van der Waals surface area contributed by atoms with E-state index in [0.29, 0.717) is 24.0 Å². The summed E-state index contributed by atoms with van der Waals surface area (Å²) in [5.41, 5.74) is 2.10. The minimum absolute atomic E-state index is 0.0163. The molecule has 160 valence electrons. The van der Waals surface area contributed by atoms with Gasteiger partial charge in [0.25, 0.3) is 11.8 Å². The quantitative estimate of drug-likeness (QED) is 0.696. The van der Waals surface area contributed by atoms with Crippen molar-refractivity contribution in [1.82, 2.24) is 10.3 Å². The largest absolute Gasteiger partial charge is 0.405 e. The fourth-order valence-corrected chi connectivity index (χ4v) is 3.67. The predicted octanol–water partition coefficient (Wildman–Crippen LogP) is 4.02. The van der Waals surface area contributed by atoms with Gasteiger partial charge in [0.1, 0.15) is 12.2 Å². The van der Waals surface area contributed by atoms with Crippen molar-refractivity contribution in [3.8, 4) is 0 Å². The number of halogens is 3. The van der Waals surface area contributed by atoms with Gasteiger partial charge in [-0.2, -0.15) is 13.2 Å². The molecule has 30 heavy (non-hydrogen) atoms. The Balaban J connectivity index is 1.78. The first-order valence-corrected chi connectivity index (χ1v) is 9.37. The van der Waals surface area contributed by atoms with Crippen molar-refractivity contribution in [3.63, 3.8) is 0 Å². The van der Waals surface area contributed by atoms with Gasteiger partial charge in [-0.05, 0) is 42.5 Å². The standard InChI is InChI=1S/C21H22F3N3O3/c1-11-16-14(8-20(2,3)9-15(16)28)27-17(11)19(30)26-13-6-4-5-12(7-13)18(29)25-10-21(22,23)24/h4-7,27H,8-10H2,1-3H3,(H,25,29)(H,26,30). The zero-order chi connectivity index (χ0) is 22.3. The van der Waals surface area contributed by atoms with E-state index >= 15 is 0 Å². The van der Waals surface area contributed by atoms with E-state index in [1.54, 1.807) is 12.2 Å². The van der Waals surface area contributed by atoms with Gasteiger partial charge in [0.05, 0.1) is 0 Å². The molecule has 1 aliphatic rings. The van der Waals surface area contributed by atoms with E-state index in [-0.39, 0.29) is 28.1 Å². The van der Waals surface area contributed by atoms with Crippen LogP contribution in [-0.4, -0.2) is 35.3 Å². The molecular weight excluding hydrogens is 399 g/mol. The number of H-pyrrole nitrogens is 1. The SMILES string of the molecule is Cc1c(C(=O)Nc2cccc(C(=O)NCC(F)(F)F)c2)[nH]c2c1C(=O)CC(C)(C)C2. The molecule has 3 N–H and O–H groups in total. The molecule has 1 heterocycles. The van der Waals surface area contributed by atoms with Gasteiger partial charge in [-0.15, -0.1) is 0 Å². The minimum Gasteiger partial charge on any atom is -0.354 e. The summed E-state index contributed by atoms with van der Waals surface area (Å²) in [6.07, 6.45) is -3.48. The number of hydrogen-bond acceptors (Lipinski definition) is 3. The molecule has 9 heteroatoms. The van der Waals surface area contributed by atoms with Crippen LogP contribution in [0.4, 0.5) is 18.9 Å². The second-order valence-corrected chi connectivity index (χ2v) is 8.25. The van der Waals surface area contributed by atoms with Crippen molar-refractivity contribution in [2.75, 3.05) is 11.9 Å². The number of fused-ring (bicyclic) bond motifs is 1. The summed E-state index contributed by atoms with van der Waals surface area (Å²) < 4.78 is 36.8. The van der Waals surface area contributed by atoms with Crippen molar-refractivity contribution < 1.29 is 27.6 Å². The molecule has 0 unspecified atom stereocenters. The van der Waals surface area contributed by atoms with Gasteiger partial charge in [-0.1, -0.05) is 19.9 Å². The Hall–Kier alpha value is -3.10. The highest BCUT2D eigenvalue weighted by molar-refractivity contribution is 6.09. The number of alkyl halides is 3. The molecule has 1 aromatic heterocycles. The Morgan fingerprint density at radius 2 is 1.87 bits per heavy atom. The number of carbonyl (C=O) groups excluding carboxylic acids is 3. The number of hydrogen-bond donors (Lipinski definition) is 3. The fraction of sp³-hybridized carbons (Fsp3) is 0.381. The van der Waals surface area contributed by atoms with Crippen LogP contribution in [0.25, 0.3) is 0 Å². The molecule has 6 nitrogen and oxygen atoms in total. The predicted molar refractivity (Wildman–Crippen MR) is 105 cm³/mol. The maximum atomic E-state index is 12.8. The molecule has 0 spiro atoms. The number of rotatable bonds is 4. The third kappa shape index (κ3) is 4.72. The summed E-state index contributed by atoms with van der Waals surface area (Å²) in [5.74, 6) is -1.42. The summed E-state index contributed by atoms with van der Waals surface area (Å²) in [5, 5.41) is 4.41. The highest BCUT2D eigenvalue weighted by Crippen LogP contribution is 2.36. The average molecular weight is 421 g/mol. The van der Waals surface area contributed by atoms with Crippen LogP contribution in [0.3, 0.4) is 0 Å². The zero-order valence-corrected chi connectivity index (χ0v) is 16.8. The second kappa shape index (κ2) is 7.62. The number of Topliss-reactive ketones (excluding diaryl/α,β-unsaturated/α-hetero) is 1. The lowest BCUT2D eigenvalue weighted by Crippen LogP contribution is -2.33. The smallest absolute Gasteiger partial charge is 0.354 e. The van der Waals surface area contributed by atoms with Gasteiger partial charge in [-0.3, -0.25) is 14.4 Å². The summed E-state index contributed by atoms with van der Waals surface area (Å²) in [7, 11) is 0. The van der Waals surface area contributed by atoms with E-state index in [1.165, 1.54) is 24.3 Å². The summed E-state index contributed by atoms with van der Waals surface area (Å²) in [6, 6.07) is 5.61. The highest BCUT2D eigenvalue weighted by atomic mass is 19.4. The summed E-state index contributed by atoms with van der Waals surface area (Å²) in [4.78, 5) is 40.2. The van der Waals surface area contributed by atoms with Crippen LogP contribution in [-0.2, 0) is 6.42 Å². The third-order valence-corrected chi connectivity index (χ3v) is 4.96. The maximum absolute atomic E-state index is 12.8. The molecular formula is C21H22F3N3O3. The van der Waals surface area contributed by atoms with Crippen LogP contribution in [0.15, 0.2) is 24.3 Å². The van der Waals surface area contributed by atoms with Crippen LogP contribution >= 0.6 is 0 Å². The van der Waals surface area contributed by atoms with Crippen LogP contribution in [0.1, 0.15) is 62.7 Å². The first kappa shape index (κ1) is 21.6. The molecule has 1 aromatic carbocycles. The van der Waals surface area contributed by atoms with Crippen LogP contribution in [0, 0.1) is 12.3 Å². The van der Waals surface area contributed by atoms with Crippen LogP contribution < -0.4 is 10.6 Å². The average Bonchev–Trinajstić information content (AvgIpc) is 2.94. The maximum Gasteiger partial charge on any atom is 0.405 e. The fourth-order valence-electron chi connectivity index (χ4n) is 3.67. The summed E-state index contributed by atoms with van der Waals surface area (Å²) >= 11 is 0. The number of amides is 2.